The molecular formula is C15H26BNO2. The second-order valence-corrected chi connectivity index (χ2v) is 8.18. The lowest BCUT2D eigenvalue weighted by atomic mass is 9.43. The molecule has 0 radical (unpaired) electrons. The molecule has 5 fully saturated rings. The molecule has 1 saturated heterocycles. The van der Waals surface area contributed by atoms with E-state index in [9.17, 15) is 0 Å². The second kappa shape index (κ2) is 3.77. The van der Waals surface area contributed by atoms with E-state index >= 15 is 0 Å². The van der Waals surface area contributed by atoms with Crippen LogP contribution in [0.4, 0.5) is 0 Å². The van der Waals surface area contributed by atoms with Gasteiger partial charge >= 0.3 is 7.12 Å². The molecule has 106 valence electrons. The predicted octanol–water partition coefficient (Wildman–Crippen LogP) is 2.38. The molecule has 0 aromatic rings. The fourth-order valence-electron chi connectivity index (χ4n) is 4.93. The molecule has 2 bridgehead atoms. The second-order valence-electron chi connectivity index (χ2n) is 8.18. The van der Waals surface area contributed by atoms with Gasteiger partial charge < -0.3 is 15.0 Å². The van der Waals surface area contributed by atoms with Gasteiger partial charge in [-0.3, -0.25) is 0 Å². The van der Waals surface area contributed by atoms with Crippen molar-refractivity contribution in [2.75, 3.05) is 0 Å². The molecule has 1 heterocycles. The van der Waals surface area contributed by atoms with Gasteiger partial charge in [0.25, 0.3) is 0 Å². The van der Waals surface area contributed by atoms with Crippen LogP contribution in [0.2, 0.25) is 0 Å². The van der Waals surface area contributed by atoms with E-state index in [-0.39, 0.29) is 24.8 Å². The predicted molar refractivity (Wildman–Crippen MR) is 75.4 cm³/mol. The van der Waals surface area contributed by atoms with Crippen LogP contribution in [0.15, 0.2) is 0 Å². The topological polar surface area (TPSA) is 44.5 Å². The molecule has 4 saturated carbocycles. The summed E-state index contributed by atoms with van der Waals surface area (Å²) in [7, 11) is -0.161. The van der Waals surface area contributed by atoms with Gasteiger partial charge in [0.05, 0.1) is 11.7 Å². The monoisotopic (exact) mass is 263 g/mol. The van der Waals surface area contributed by atoms with Crippen molar-refractivity contribution in [2.45, 2.75) is 70.5 Å². The molecule has 0 amide bonds. The lowest BCUT2D eigenvalue weighted by molar-refractivity contribution is -0.199. The third-order valence-corrected chi connectivity index (χ3v) is 6.62. The van der Waals surface area contributed by atoms with Crippen molar-refractivity contribution < 1.29 is 9.31 Å². The average Bonchev–Trinajstić information content (AvgIpc) is 3.06. The van der Waals surface area contributed by atoms with E-state index in [0.29, 0.717) is 11.3 Å². The SMILES string of the molecule is CC1(C)C2C[C@H]1[C@]1(C)OB([C@@H](N)CC3CC3)O[C@@H]1C2. The van der Waals surface area contributed by atoms with E-state index in [4.69, 9.17) is 15.0 Å². The molecule has 5 rings (SSSR count). The van der Waals surface area contributed by atoms with Gasteiger partial charge in [-0.2, -0.15) is 0 Å². The van der Waals surface area contributed by atoms with Gasteiger partial charge in [-0.25, -0.2) is 0 Å². The van der Waals surface area contributed by atoms with Gasteiger partial charge in [-0.1, -0.05) is 26.7 Å². The first-order valence-corrected chi connectivity index (χ1v) is 8.00. The lowest BCUT2D eigenvalue weighted by Gasteiger charge is -2.64. The first-order chi connectivity index (χ1) is 8.91. The van der Waals surface area contributed by atoms with Gasteiger partial charge in [0.2, 0.25) is 0 Å². The molecule has 4 heteroatoms. The summed E-state index contributed by atoms with van der Waals surface area (Å²) < 4.78 is 12.6. The lowest BCUT2D eigenvalue weighted by Crippen LogP contribution is -2.65. The molecule has 5 aliphatic rings. The summed E-state index contributed by atoms with van der Waals surface area (Å²) in [4.78, 5) is 0. The van der Waals surface area contributed by atoms with E-state index in [0.717, 1.165) is 24.7 Å². The fourth-order valence-corrected chi connectivity index (χ4v) is 4.93. The molecule has 2 N–H and O–H groups in total. The van der Waals surface area contributed by atoms with Crippen molar-refractivity contribution in [1.82, 2.24) is 0 Å². The summed E-state index contributed by atoms with van der Waals surface area (Å²) in [6.45, 7) is 7.06. The normalized spacial score (nSPS) is 48.6. The van der Waals surface area contributed by atoms with Crippen molar-refractivity contribution in [2.24, 2.45) is 28.9 Å². The minimum Gasteiger partial charge on any atom is -0.404 e. The van der Waals surface area contributed by atoms with Gasteiger partial charge in [0, 0.05) is 5.94 Å². The maximum Gasteiger partial charge on any atom is 0.475 e. The highest BCUT2D eigenvalue weighted by atomic mass is 16.7. The standard InChI is InChI=1S/C15H26BNO2/c1-14(2)10-7-11(14)15(3)12(8-10)18-16(19-15)13(17)6-9-4-5-9/h9-13H,4-8,17H2,1-3H3/t10?,11-,12-,13+,15+/m1/s1. The zero-order valence-electron chi connectivity index (χ0n) is 12.4. The summed E-state index contributed by atoms with van der Waals surface area (Å²) in [5.74, 6) is 2.36. The van der Waals surface area contributed by atoms with Crippen LogP contribution in [0.3, 0.4) is 0 Å². The number of hydrogen-bond donors (Lipinski definition) is 1. The Labute approximate surface area is 116 Å². The van der Waals surface area contributed by atoms with Crippen LogP contribution in [0.5, 0.6) is 0 Å². The van der Waals surface area contributed by atoms with Gasteiger partial charge in [-0.05, 0) is 49.4 Å². The summed E-state index contributed by atoms with van der Waals surface area (Å²) in [5, 5.41) is 0. The summed E-state index contributed by atoms with van der Waals surface area (Å²) in [6.07, 6.45) is 6.52. The largest absolute Gasteiger partial charge is 0.475 e. The van der Waals surface area contributed by atoms with E-state index in [1.807, 2.05) is 0 Å². The Morgan fingerprint density at radius 1 is 1.26 bits per heavy atom. The Balaban J connectivity index is 1.50. The van der Waals surface area contributed by atoms with Crippen molar-refractivity contribution in [3.8, 4) is 0 Å². The van der Waals surface area contributed by atoms with Crippen LogP contribution in [-0.2, 0) is 9.31 Å². The molecular weight excluding hydrogens is 237 g/mol. The quantitative estimate of drug-likeness (QED) is 0.795. The molecule has 0 aromatic heterocycles. The maximum atomic E-state index is 6.38. The highest BCUT2D eigenvalue weighted by Gasteiger charge is 2.68. The van der Waals surface area contributed by atoms with Crippen LogP contribution >= 0.6 is 0 Å². The summed E-state index contributed by atoms with van der Waals surface area (Å²) in [5.41, 5.74) is 6.64. The van der Waals surface area contributed by atoms with E-state index < -0.39 is 0 Å². The number of hydrogen-bond acceptors (Lipinski definition) is 3. The Bertz CT molecular complexity index is 398. The maximum absolute atomic E-state index is 6.38. The number of rotatable bonds is 3. The van der Waals surface area contributed by atoms with Crippen molar-refractivity contribution in [3.63, 3.8) is 0 Å². The molecule has 0 spiro atoms. The average molecular weight is 263 g/mol. The van der Waals surface area contributed by atoms with E-state index in [2.05, 4.69) is 20.8 Å². The molecule has 1 unspecified atom stereocenters. The van der Waals surface area contributed by atoms with Crippen LogP contribution < -0.4 is 5.73 Å². The van der Waals surface area contributed by atoms with Crippen molar-refractivity contribution in [1.29, 1.82) is 0 Å². The molecule has 19 heavy (non-hydrogen) atoms. The first kappa shape index (κ1) is 12.7. The minimum absolute atomic E-state index is 0.0650. The Hall–Kier alpha value is -0.0551. The van der Waals surface area contributed by atoms with Gasteiger partial charge in [-0.15, -0.1) is 0 Å². The molecule has 1 aliphatic heterocycles. The Morgan fingerprint density at radius 3 is 2.63 bits per heavy atom. The highest BCUT2D eigenvalue weighted by molar-refractivity contribution is 6.47. The van der Waals surface area contributed by atoms with E-state index in [1.165, 1.54) is 19.3 Å². The molecule has 0 aromatic carbocycles. The Kier molecular flexibility index (Phi) is 2.52. The zero-order valence-corrected chi connectivity index (χ0v) is 12.4. The first-order valence-electron chi connectivity index (χ1n) is 8.00. The third kappa shape index (κ3) is 1.69. The molecule has 3 nitrogen and oxygen atoms in total. The minimum atomic E-state index is -0.161. The third-order valence-electron chi connectivity index (χ3n) is 6.62. The van der Waals surface area contributed by atoms with E-state index in [1.54, 1.807) is 0 Å². The van der Waals surface area contributed by atoms with Crippen LogP contribution in [-0.4, -0.2) is 24.8 Å². The van der Waals surface area contributed by atoms with Crippen LogP contribution in [0.1, 0.15) is 52.9 Å². The van der Waals surface area contributed by atoms with Crippen molar-refractivity contribution >= 4 is 7.12 Å². The van der Waals surface area contributed by atoms with Crippen molar-refractivity contribution in [3.05, 3.63) is 0 Å². The van der Waals surface area contributed by atoms with Crippen LogP contribution in [0.25, 0.3) is 0 Å². The molecule has 4 aliphatic carbocycles. The Morgan fingerprint density at radius 2 is 2.00 bits per heavy atom. The smallest absolute Gasteiger partial charge is 0.404 e. The molecule has 5 atom stereocenters. The van der Waals surface area contributed by atoms with Gasteiger partial charge in [0.1, 0.15) is 0 Å². The summed E-state index contributed by atoms with van der Waals surface area (Å²) >= 11 is 0. The fraction of sp³-hybridized carbons (Fsp3) is 1.00. The van der Waals surface area contributed by atoms with Gasteiger partial charge in [0.15, 0.2) is 0 Å². The number of nitrogens with two attached hydrogens (primary N) is 1. The highest BCUT2D eigenvalue weighted by Crippen LogP contribution is 2.65. The van der Waals surface area contributed by atoms with Crippen LogP contribution in [0, 0.1) is 23.2 Å². The summed E-state index contributed by atoms with van der Waals surface area (Å²) in [6, 6.07) is 0. The zero-order chi connectivity index (χ0) is 13.4.